The van der Waals surface area contributed by atoms with Crippen molar-refractivity contribution in [3.63, 3.8) is 0 Å². The summed E-state index contributed by atoms with van der Waals surface area (Å²) in [6.45, 7) is 13.3. The SMILES string of the molecule is C.CN1/C(=C/N=C2C(=O)C=Cc3ccccc32)C(C)(C)c2ccccc21.CN1c2ccccc2C(C)(C)C12C=Nc1c(ccc3ccccc13)O2.C[N+]1=C(C=Nc2c(O)ccc3ccccc23)C(C)(C)c2ccccc21.[U].[V]. The Balaban J connectivity index is 0.000000151. The molecule has 0 fully saturated rings. The second-order valence-corrected chi connectivity index (χ2v) is 21.4. The predicted octanol–water partition coefficient (Wildman–Crippen LogP) is 15.0. The Hall–Kier alpha value is -7.05. The minimum absolute atomic E-state index is 0. The third kappa shape index (κ3) is 9.41. The molecule has 0 saturated heterocycles. The maximum absolute atomic E-state index is 12.4. The molecule has 1 N–H and O–H groups in total. The van der Waals surface area contributed by atoms with E-state index in [1.54, 1.807) is 12.1 Å². The summed E-state index contributed by atoms with van der Waals surface area (Å²) in [5.74, 6) is 0.993. The summed E-state index contributed by atoms with van der Waals surface area (Å²) >= 11 is 0. The van der Waals surface area contributed by atoms with E-state index in [4.69, 9.17) is 14.7 Å². The van der Waals surface area contributed by atoms with Gasteiger partial charge in [-0.2, -0.15) is 4.58 Å². The van der Waals surface area contributed by atoms with Crippen LogP contribution in [0.5, 0.6) is 11.5 Å². The average Bonchev–Trinajstić information content (AvgIpc) is 3.91. The zero-order chi connectivity index (χ0) is 52.4. The zero-order valence-corrected chi connectivity index (χ0v) is 50.5. The normalized spacial score (nSPS) is 19.1. The number of ketones is 1. The van der Waals surface area contributed by atoms with E-state index in [9.17, 15) is 9.90 Å². The minimum atomic E-state index is -0.619. The molecule has 8 aromatic rings. The summed E-state index contributed by atoms with van der Waals surface area (Å²) < 4.78 is 8.86. The summed E-state index contributed by atoms with van der Waals surface area (Å²) in [4.78, 5) is 30.9. The van der Waals surface area contributed by atoms with E-state index in [-0.39, 0.29) is 84.9 Å². The molecule has 1 atom stereocenters. The topological polar surface area (TPSA) is 93.1 Å². The van der Waals surface area contributed by atoms with Crippen LogP contribution in [-0.2, 0) is 39.6 Å². The molecule has 9 nitrogen and oxygen atoms in total. The number of allylic oxidation sites excluding steroid dienone is 2. The molecule has 11 heteroatoms. The number of aliphatic imine (C=N–C) groups is 3. The van der Waals surface area contributed by atoms with E-state index in [1.165, 1.54) is 39.1 Å². The Labute approximate surface area is 494 Å². The van der Waals surface area contributed by atoms with E-state index < -0.39 is 5.72 Å². The number of carbonyl (C=O) groups is 1. The van der Waals surface area contributed by atoms with E-state index in [1.807, 2.05) is 104 Å². The van der Waals surface area contributed by atoms with E-state index >= 15 is 0 Å². The number of carbonyl (C=O) groups excluding carboxylic acids is 1. The Kier molecular flexibility index (Phi) is 16.1. The number of phenols is 1. The molecule has 13 rings (SSSR count). The number of ether oxygens (including phenoxy) is 1. The molecule has 1 aliphatic carbocycles. The molecule has 78 heavy (non-hydrogen) atoms. The summed E-state index contributed by atoms with van der Waals surface area (Å²) in [6, 6.07) is 57.3. The number of benzene rings is 8. The van der Waals surface area contributed by atoms with Gasteiger partial charge < -0.3 is 19.6 Å². The predicted molar refractivity (Wildman–Crippen MR) is 317 cm³/mol. The van der Waals surface area contributed by atoms with Gasteiger partial charge in [0.15, 0.2) is 0 Å². The van der Waals surface area contributed by atoms with Crippen LogP contribution in [0.25, 0.3) is 27.6 Å². The molecule has 389 valence electrons. The van der Waals surface area contributed by atoms with Crippen molar-refractivity contribution in [1.29, 1.82) is 0 Å². The number of para-hydroxylation sites is 3. The monoisotopic (exact) mass is 1290 g/mol. The molecule has 1 unspecified atom stereocenters. The number of likely N-dealkylation sites (N-methyl/N-ethyl adjacent to an activating group) is 2. The number of hydrogen-bond donors (Lipinski definition) is 1. The quantitative estimate of drug-likeness (QED) is 0.141. The standard InChI is InChI=1S/3C22H20N2O.CH4.U.V/c1-21(2)17-10-6-7-11-18(17)24(3)22(21)14-23-20-16-9-5-4-8-15(16)12-13-19(20)25-22;2*1-22(2)17-10-6-7-11-18(17)24(3)20(22)14-23-21-16-9-5-4-8-15(16)12-13-19(21)25;;;/h3*4-14H,1-3H3;1H4;;/p+1/b;20-14+,23-21?;;;;. The number of rotatable bonds is 3. The number of hydrogen-bond acceptors (Lipinski definition) is 8. The fraction of sp³-hybridized carbons (Fsp3) is 0.209. The Morgan fingerprint density at radius 2 is 1.24 bits per heavy atom. The molecular weight excluding hydrogens is 1230 g/mol. The van der Waals surface area contributed by atoms with E-state index in [0.29, 0.717) is 11.4 Å². The molecule has 1 radical (unpaired) electrons. The third-order valence-electron chi connectivity index (χ3n) is 16.1. The van der Waals surface area contributed by atoms with Gasteiger partial charge in [-0.05, 0) is 85.5 Å². The van der Waals surface area contributed by atoms with Crippen LogP contribution >= 0.6 is 0 Å². The summed E-state index contributed by atoms with van der Waals surface area (Å²) in [5.41, 5.74) is 12.5. The molecule has 0 aromatic heterocycles. The fourth-order valence-corrected chi connectivity index (χ4v) is 11.8. The molecule has 0 amide bonds. The molecule has 0 bridgehead atoms. The first-order valence-corrected chi connectivity index (χ1v) is 25.5. The molecular formula is C67H65N6O3UV+. The van der Waals surface area contributed by atoms with Crippen molar-refractivity contribution >= 4 is 85.7 Å². The van der Waals surface area contributed by atoms with Gasteiger partial charge in [-0.3, -0.25) is 14.8 Å². The number of aromatic hydroxyl groups is 1. The third-order valence-corrected chi connectivity index (χ3v) is 16.1. The van der Waals surface area contributed by atoms with Crippen molar-refractivity contribution in [2.24, 2.45) is 15.0 Å². The largest absolute Gasteiger partial charge is 0.506 e. The summed E-state index contributed by atoms with van der Waals surface area (Å²) in [6.07, 6.45) is 9.18. The summed E-state index contributed by atoms with van der Waals surface area (Å²) in [5, 5.41) is 14.6. The van der Waals surface area contributed by atoms with Crippen molar-refractivity contribution < 1.29 is 68.9 Å². The molecule has 5 aliphatic rings. The van der Waals surface area contributed by atoms with E-state index in [2.05, 4.69) is 167 Å². The minimum Gasteiger partial charge on any atom is -0.506 e. The molecule has 4 heterocycles. The van der Waals surface area contributed by atoms with Gasteiger partial charge in [-0.15, -0.1) is 0 Å². The average molecular weight is 1290 g/mol. The number of nitrogens with zero attached hydrogens (tertiary/aromatic N) is 6. The summed E-state index contributed by atoms with van der Waals surface area (Å²) in [7, 11) is 6.21. The van der Waals surface area contributed by atoms with Crippen LogP contribution < -0.4 is 14.5 Å². The van der Waals surface area contributed by atoms with Gasteiger partial charge in [0.25, 0.3) is 0 Å². The smallest absolute Gasteiger partial charge is 0.228 e. The molecule has 1 spiro atoms. The Morgan fingerprint density at radius 3 is 1.95 bits per heavy atom. The van der Waals surface area contributed by atoms with Crippen molar-refractivity contribution in [3.8, 4) is 11.5 Å². The van der Waals surface area contributed by atoms with Crippen molar-refractivity contribution in [2.45, 2.75) is 70.9 Å². The maximum atomic E-state index is 12.4. The van der Waals surface area contributed by atoms with Crippen LogP contribution in [0.1, 0.15) is 76.8 Å². The van der Waals surface area contributed by atoms with Gasteiger partial charge >= 0.3 is 0 Å². The van der Waals surface area contributed by atoms with Gasteiger partial charge in [-0.25, -0.2) is 4.99 Å². The second-order valence-electron chi connectivity index (χ2n) is 21.4. The maximum Gasteiger partial charge on any atom is 0.228 e. The second kappa shape index (κ2) is 22.0. The molecule has 0 saturated carbocycles. The van der Waals surface area contributed by atoms with Gasteiger partial charge in [0.1, 0.15) is 35.6 Å². The van der Waals surface area contributed by atoms with E-state index in [0.717, 1.165) is 50.1 Å². The van der Waals surface area contributed by atoms with Crippen LogP contribution in [0.15, 0.2) is 203 Å². The first-order valence-electron chi connectivity index (χ1n) is 25.5. The van der Waals surface area contributed by atoms with Crippen LogP contribution in [-0.4, -0.2) is 66.2 Å². The van der Waals surface area contributed by atoms with Gasteiger partial charge in [0, 0.05) is 120 Å². The van der Waals surface area contributed by atoms with Crippen molar-refractivity contribution in [2.75, 3.05) is 30.9 Å². The molecule has 8 aromatic carbocycles. The Morgan fingerprint density at radius 1 is 0.654 bits per heavy atom. The van der Waals surface area contributed by atoms with Gasteiger partial charge in [0.2, 0.25) is 22.9 Å². The molecule has 4 aliphatic heterocycles. The number of fused-ring (bicyclic) bond motifs is 8. The zero-order valence-electron chi connectivity index (χ0n) is 44.9. The van der Waals surface area contributed by atoms with Crippen molar-refractivity contribution in [3.05, 3.63) is 216 Å². The first-order chi connectivity index (χ1) is 36.0. The van der Waals surface area contributed by atoms with Crippen LogP contribution in [0.2, 0.25) is 0 Å². The first kappa shape index (κ1) is 57.1. The van der Waals surface area contributed by atoms with Crippen LogP contribution in [0, 0.1) is 31.1 Å². The van der Waals surface area contributed by atoms with Crippen LogP contribution in [0.4, 0.5) is 28.4 Å². The van der Waals surface area contributed by atoms with Crippen LogP contribution in [0.3, 0.4) is 0 Å². The van der Waals surface area contributed by atoms with Gasteiger partial charge in [-0.1, -0.05) is 167 Å². The van der Waals surface area contributed by atoms with Gasteiger partial charge in [0.05, 0.1) is 23.3 Å². The Bertz CT molecular complexity index is 3850. The number of anilines is 2. The number of phenolic OH excluding ortho intramolecular Hbond substituents is 1. The fourth-order valence-electron chi connectivity index (χ4n) is 11.8. The van der Waals surface area contributed by atoms with Crippen molar-refractivity contribution in [1.82, 2.24) is 0 Å².